The van der Waals surface area contributed by atoms with E-state index in [0.717, 1.165) is 30.8 Å². The van der Waals surface area contributed by atoms with Crippen molar-refractivity contribution in [1.29, 1.82) is 0 Å². The standard InChI is InChI=1S/C18H25N3OS/c1-2-23-16-10-6-7-11-21(13-16)14-18-20-19-17(22-18)12-15-8-4-3-5-9-15/h3-5,8-9,16H,2,6-7,10-14H2,1H3/t16-/m1/s1. The molecule has 124 valence electrons. The number of nitrogens with zero attached hydrogens (tertiary/aromatic N) is 3. The van der Waals surface area contributed by atoms with Gasteiger partial charge in [0.25, 0.3) is 0 Å². The number of hydrogen-bond acceptors (Lipinski definition) is 5. The van der Waals surface area contributed by atoms with E-state index < -0.39 is 0 Å². The van der Waals surface area contributed by atoms with Crippen LogP contribution in [0.5, 0.6) is 0 Å². The SMILES string of the molecule is CCS[C@@H]1CCCCN(Cc2nnc(Cc3ccccc3)o2)C1. The third kappa shape index (κ3) is 5.08. The van der Waals surface area contributed by atoms with Crippen molar-refractivity contribution in [3.05, 3.63) is 47.7 Å². The van der Waals surface area contributed by atoms with Gasteiger partial charge < -0.3 is 4.42 Å². The van der Waals surface area contributed by atoms with Gasteiger partial charge in [0.05, 0.1) is 13.0 Å². The van der Waals surface area contributed by atoms with E-state index in [0.29, 0.717) is 12.3 Å². The number of benzene rings is 1. The number of rotatable bonds is 6. The summed E-state index contributed by atoms with van der Waals surface area (Å²) in [5.74, 6) is 2.65. The van der Waals surface area contributed by atoms with Gasteiger partial charge in [0, 0.05) is 11.8 Å². The molecular weight excluding hydrogens is 306 g/mol. The average molecular weight is 331 g/mol. The van der Waals surface area contributed by atoms with Crippen LogP contribution in [0.3, 0.4) is 0 Å². The zero-order chi connectivity index (χ0) is 15.9. The second-order valence-electron chi connectivity index (χ2n) is 6.06. The molecule has 1 aliphatic heterocycles. The summed E-state index contributed by atoms with van der Waals surface area (Å²) in [6.07, 6.45) is 4.64. The maximum absolute atomic E-state index is 5.86. The van der Waals surface area contributed by atoms with Crippen molar-refractivity contribution < 1.29 is 4.42 Å². The van der Waals surface area contributed by atoms with Crippen molar-refractivity contribution in [2.75, 3.05) is 18.8 Å². The maximum Gasteiger partial charge on any atom is 0.230 e. The Bertz CT molecular complexity index is 587. The molecule has 1 aromatic heterocycles. The Morgan fingerprint density at radius 1 is 1.17 bits per heavy atom. The van der Waals surface area contributed by atoms with E-state index in [2.05, 4.69) is 45.9 Å². The number of hydrogen-bond donors (Lipinski definition) is 0. The van der Waals surface area contributed by atoms with E-state index in [1.54, 1.807) is 0 Å². The lowest BCUT2D eigenvalue weighted by Crippen LogP contribution is -2.29. The summed E-state index contributed by atoms with van der Waals surface area (Å²) in [5.41, 5.74) is 1.21. The van der Waals surface area contributed by atoms with Gasteiger partial charge in [0.2, 0.25) is 11.8 Å². The molecule has 23 heavy (non-hydrogen) atoms. The van der Waals surface area contributed by atoms with Crippen molar-refractivity contribution in [2.45, 2.75) is 44.4 Å². The zero-order valence-corrected chi connectivity index (χ0v) is 14.6. The Labute approximate surface area is 142 Å². The highest BCUT2D eigenvalue weighted by atomic mass is 32.2. The van der Waals surface area contributed by atoms with Crippen LogP contribution in [0.4, 0.5) is 0 Å². The molecule has 0 amide bonds. The summed E-state index contributed by atoms with van der Waals surface area (Å²) in [7, 11) is 0. The summed E-state index contributed by atoms with van der Waals surface area (Å²) in [6.45, 7) is 5.29. The molecule has 4 nitrogen and oxygen atoms in total. The van der Waals surface area contributed by atoms with Gasteiger partial charge in [0.15, 0.2) is 0 Å². The highest BCUT2D eigenvalue weighted by Gasteiger charge is 2.20. The fraction of sp³-hybridized carbons (Fsp3) is 0.556. The molecule has 0 aliphatic carbocycles. The van der Waals surface area contributed by atoms with Gasteiger partial charge >= 0.3 is 0 Å². The predicted molar refractivity (Wildman–Crippen MR) is 94.6 cm³/mol. The largest absolute Gasteiger partial charge is 0.424 e. The Balaban J connectivity index is 1.57. The average Bonchev–Trinajstić information content (AvgIpc) is 2.87. The molecule has 0 spiro atoms. The molecule has 1 saturated heterocycles. The number of likely N-dealkylation sites (tertiary alicyclic amines) is 1. The fourth-order valence-corrected chi connectivity index (χ4v) is 4.20. The van der Waals surface area contributed by atoms with Crippen LogP contribution in [0.1, 0.15) is 43.5 Å². The van der Waals surface area contributed by atoms with Crippen molar-refractivity contribution in [3.63, 3.8) is 0 Å². The minimum Gasteiger partial charge on any atom is -0.424 e. The highest BCUT2D eigenvalue weighted by Crippen LogP contribution is 2.23. The van der Waals surface area contributed by atoms with Crippen molar-refractivity contribution in [1.82, 2.24) is 15.1 Å². The Kier molecular flexibility index (Phi) is 6.11. The summed E-state index contributed by atoms with van der Waals surface area (Å²) in [5, 5.41) is 9.19. The first-order valence-corrected chi connectivity index (χ1v) is 9.57. The third-order valence-electron chi connectivity index (χ3n) is 4.18. The molecule has 1 fully saturated rings. The first-order valence-electron chi connectivity index (χ1n) is 8.52. The van der Waals surface area contributed by atoms with Gasteiger partial charge in [-0.2, -0.15) is 11.8 Å². The summed E-state index contributed by atoms with van der Waals surface area (Å²) in [4.78, 5) is 2.47. The second kappa shape index (κ2) is 8.50. The van der Waals surface area contributed by atoms with Gasteiger partial charge in [-0.3, -0.25) is 4.90 Å². The van der Waals surface area contributed by atoms with Crippen LogP contribution in [-0.2, 0) is 13.0 Å². The smallest absolute Gasteiger partial charge is 0.230 e. The Morgan fingerprint density at radius 3 is 2.83 bits per heavy atom. The van der Waals surface area contributed by atoms with Gasteiger partial charge in [0.1, 0.15) is 0 Å². The van der Waals surface area contributed by atoms with Gasteiger partial charge in [-0.15, -0.1) is 10.2 Å². The molecule has 5 heteroatoms. The fourth-order valence-electron chi connectivity index (χ4n) is 3.08. The van der Waals surface area contributed by atoms with Crippen LogP contribution in [0, 0.1) is 0 Å². The minimum atomic E-state index is 0.709. The normalized spacial score (nSPS) is 19.6. The van der Waals surface area contributed by atoms with Gasteiger partial charge in [-0.25, -0.2) is 0 Å². The van der Waals surface area contributed by atoms with Crippen molar-refractivity contribution in [2.24, 2.45) is 0 Å². The van der Waals surface area contributed by atoms with Crippen LogP contribution >= 0.6 is 11.8 Å². The van der Waals surface area contributed by atoms with E-state index in [1.807, 2.05) is 18.2 Å². The van der Waals surface area contributed by atoms with Crippen LogP contribution in [0.25, 0.3) is 0 Å². The number of aromatic nitrogens is 2. The van der Waals surface area contributed by atoms with E-state index in [4.69, 9.17) is 4.42 Å². The molecule has 1 aliphatic rings. The topological polar surface area (TPSA) is 42.2 Å². The minimum absolute atomic E-state index is 0.709. The molecule has 0 unspecified atom stereocenters. The van der Waals surface area contributed by atoms with Crippen LogP contribution in [0.2, 0.25) is 0 Å². The molecule has 3 rings (SSSR count). The molecule has 1 aromatic carbocycles. The second-order valence-corrected chi connectivity index (χ2v) is 7.64. The predicted octanol–water partition coefficient (Wildman–Crippen LogP) is 3.77. The first-order chi connectivity index (χ1) is 11.3. The monoisotopic (exact) mass is 331 g/mol. The quantitative estimate of drug-likeness (QED) is 0.806. The molecular formula is C18H25N3OS. The Hall–Kier alpha value is -1.33. The molecule has 0 radical (unpaired) electrons. The molecule has 0 N–H and O–H groups in total. The van der Waals surface area contributed by atoms with E-state index >= 15 is 0 Å². The molecule has 2 heterocycles. The highest BCUT2D eigenvalue weighted by molar-refractivity contribution is 7.99. The van der Waals surface area contributed by atoms with Crippen LogP contribution in [0.15, 0.2) is 34.7 Å². The molecule has 0 saturated carbocycles. The lowest BCUT2D eigenvalue weighted by atomic mass is 10.2. The maximum atomic E-state index is 5.86. The van der Waals surface area contributed by atoms with Crippen molar-refractivity contribution in [3.8, 4) is 0 Å². The third-order valence-corrected chi connectivity index (χ3v) is 5.37. The summed E-state index contributed by atoms with van der Waals surface area (Å²) < 4.78 is 5.86. The molecule has 0 bridgehead atoms. The molecule has 2 aromatic rings. The van der Waals surface area contributed by atoms with Gasteiger partial charge in [-0.1, -0.05) is 43.7 Å². The van der Waals surface area contributed by atoms with Crippen molar-refractivity contribution >= 4 is 11.8 Å². The van der Waals surface area contributed by atoms with E-state index in [1.165, 1.54) is 30.6 Å². The van der Waals surface area contributed by atoms with Crippen LogP contribution < -0.4 is 0 Å². The van der Waals surface area contributed by atoms with E-state index in [9.17, 15) is 0 Å². The zero-order valence-electron chi connectivity index (χ0n) is 13.8. The summed E-state index contributed by atoms with van der Waals surface area (Å²) in [6, 6.07) is 10.3. The summed E-state index contributed by atoms with van der Waals surface area (Å²) >= 11 is 2.08. The first kappa shape index (κ1) is 16.5. The van der Waals surface area contributed by atoms with Crippen LogP contribution in [-0.4, -0.2) is 39.2 Å². The lowest BCUT2D eigenvalue weighted by Gasteiger charge is -2.22. The number of thioether (sulfide) groups is 1. The van der Waals surface area contributed by atoms with E-state index in [-0.39, 0.29) is 0 Å². The molecule has 1 atom stereocenters. The van der Waals surface area contributed by atoms with Gasteiger partial charge in [-0.05, 0) is 30.7 Å². The lowest BCUT2D eigenvalue weighted by molar-refractivity contribution is 0.248. The Morgan fingerprint density at radius 2 is 2.00 bits per heavy atom.